The van der Waals surface area contributed by atoms with Crippen molar-refractivity contribution in [3.8, 4) is 11.5 Å². The first kappa shape index (κ1) is 13.0. The van der Waals surface area contributed by atoms with Gasteiger partial charge in [0, 0.05) is 24.5 Å². The van der Waals surface area contributed by atoms with Gasteiger partial charge in [0.05, 0.1) is 16.0 Å². The molecule has 0 saturated heterocycles. The van der Waals surface area contributed by atoms with Gasteiger partial charge in [0.2, 0.25) is 5.75 Å². The third-order valence-electron chi connectivity index (χ3n) is 2.98. The number of benzene rings is 2. The molecule has 0 saturated carbocycles. The molecule has 3 rings (SSSR count). The van der Waals surface area contributed by atoms with Crippen LogP contribution in [0.25, 0.3) is 11.0 Å². The van der Waals surface area contributed by atoms with Crippen molar-refractivity contribution in [1.29, 1.82) is 0 Å². The summed E-state index contributed by atoms with van der Waals surface area (Å²) in [6.45, 7) is 1.79. The van der Waals surface area contributed by atoms with Crippen LogP contribution in [0.4, 0.5) is 5.69 Å². The van der Waals surface area contributed by atoms with E-state index in [1.165, 1.54) is 6.07 Å². The molecule has 0 aliphatic carbocycles. The van der Waals surface area contributed by atoms with Crippen molar-refractivity contribution in [2.45, 2.75) is 6.92 Å². The average molecular weight is 281 g/mol. The lowest BCUT2D eigenvalue weighted by Crippen LogP contribution is -1.94. The number of rotatable bonds is 3. The van der Waals surface area contributed by atoms with E-state index in [-0.39, 0.29) is 11.4 Å². The molecule has 0 atom stereocenters. The van der Waals surface area contributed by atoms with Crippen molar-refractivity contribution < 1.29 is 9.66 Å². The van der Waals surface area contributed by atoms with Gasteiger partial charge in [0.15, 0.2) is 0 Å². The van der Waals surface area contributed by atoms with Crippen LogP contribution in [0.5, 0.6) is 11.5 Å². The predicted octanol–water partition coefficient (Wildman–Crippen LogP) is 3.64. The smallest absolute Gasteiger partial charge is 0.311 e. The van der Waals surface area contributed by atoms with Gasteiger partial charge < -0.3 is 4.74 Å². The molecule has 0 radical (unpaired) electrons. The van der Waals surface area contributed by atoms with Crippen molar-refractivity contribution in [1.82, 2.24) is 9.97 Å². The van der Waals surface area contributed by atoms with E-state index in [1.807, 2.05) is 0 Å². The van der Waals surface area contributed by atoms with Crippen LogP contribution in [0.1, 0.15) is 5.56 Å². The number of ether oxygens (including phenoxy) is 1. The maximum atomic E-state index is 11.1. The SMILES string of the molecule is Cc1ccc(Oc2ccc3nccnc3c2)c([N+](=O)[O-])c1. The number of nitro benzene ring substituents is 1. The first-order valence-corrected chi connectivity index (χ1v) is 6.27. The Hall–Kier alpha value is -3.02. The van der Waals surface area contributed by atoms with Crippen LogP contribution in [0.2, 0.25) is 0 Å². The van der Waals surface area contributed by atoms with E-state index in [0.29, 0.717) is 11.3 Å². The fourth-order valence-electron chi connectivity index (χ4n) is 1.99. The molecule has 0 fully saturated rings. The molecule has 2 aromatic carbocycles. The van der Waals surface area contributed by atoms with Crippen molar-refractivity contribution in [3.63, 3.8) is 0 Å². The summed E-state index contributed by atoms with van der Waals surface area (Å²) in [4.78, 5) is 19.0. The molecule has 0 unspecified atom stereocenters. The Morgan fingerprint density at radius 3 is 2.57 bits per heavy atom. The van der Waals surface area contributed by atoms with Crippen LogP contribution in [0.3, 0.4) is 0 Å². The van der Waals surface area contributed by atoms with Gasteiger partial charge in [-0.05, 0) is 30.7 Å². The maximum absolute atomic E-state index is 11.1. The molecule has 0 spiro atoms. The topological polar surface area (TPSA) is 78.2 Å². The summed E-state index contributed by atoms with van der Waals surface area (Å²) in [5.41, 5.74) is 2.15. The Morgan fingerprint density at radius 2 is 1.81 bits per heavy atom. The van der Waals surface area contributed by atoms with Gasteiger partial charge in [0.1, 0.15) is 5.75 Å². The van der Waals surface area contributed by atoms with Crippen molar-refractivity contribution in [2.75, 3.05) is 0 Å². The van der Waals surface area contributed by atoms with Gasteiger partial charge in [-0.25, -0.2) is 0 Å². The zero-order valence-corrected chi connectivity index (χ0v) is 11.2. The molecule has 1 heterocycles. The van der Waals surface area contributed by atoms with E-state index < -0.39 is 4.92 Å². The minimum absolute atomic E-state index is 0.0609. The third-order valence-corrected chi connectivity index (χ3v) is 2.98. The molecule has 0 aliphatic rings. The summed E-state index contributed by atoms with van der Waals surface area (Å²) in [6.07, 6.45) is 3.19. The molecule has 0 amide bonds. The molecule has 0 N–H and O–H groups in total. The first-order chi connectivity index (χ1) is 10.1. The minimum Gasteiger partial charge on any atom is -0.450 e. The number of aromatic nitrogens is 2. The molecular formula is C15H11N3O3. The van der Waals surface area contributed by atoms with Crippen LogP contribution < -0.4 is 4.74 Å². The van der Waals surface area contributed by atoms with Crippen molar-refractivity contribution in [2.24, 2.45) is 0 Å². The highest BCUT2D eigenvalue weighted by molar-refractivity contribution is 5.75. The normalized spacial score (nSPS) is 10.5. The summed E-state index contributed by atoms with van der Waals surface area (Å²) in [5.74, 6) is 0.684. The predicted molar refractivity (Wildman–Crippen MR) is 77.4 cm³/mol. The van der Waals surface area contributed by atoms with Crippen LogP contribution in [0, 0.1) is 17.0 Å². The van der Waals surface area contributed by atoms with Gasteiger partial charge >= 0.3 is 5.69 Å². The monoisotopic (exact) mass is 281 g/mol. The highest BCUT2D eigenvalue weighted by Gasteiger charge is 2.16. The number of nitrogens with zero attached hydrogens (tertiary/aromatic N) is 3. The molecular weight excluding hydrogens is 270 g/mol. The molecule has 0 aliphatic heterocycles. The van der Waals surface area contributed by atoms with E-state index in [1.54, 1.807) is 49.6 Å². The van der Waals surface area contributed by atoms with E-state index in [2.05, 4.69) is 9.97 Å². The van der Waals surface area contributed by atoms with Gasteiger partial charge in [-0.2, -0.15) is 0 Å². The Labute approximate surface area is 120 Å². The number of hydrogen-bond acceptors (Lipinski definition) is 5. The second-order valence-electron chi connectivity index (χ2n) is 4.54. The number of aryl methyl sites for hydroxylation is 1. The quantitative estimate of drug-likeness (QED) is 0.541. The van der Waals surface area contributed by atoms with Crippen LogP contribution in [-0.4, -0.2) is 14.9 Å². The highest BCUT2D eigenvalue weighted by Crippen LogP contribution is 2.32. The Kier molecular flexibility index (Phi) is 3.19. The minimum atomic E-state index is -0.455. The summed E-state index contributed by atoms with van der Waals surface area (Å²) in [6, 6.07) is 10.0. The third kappa shape index (κ3) is 2.64. The number of hydrogen-bond donors (Lipinski definition) is 0. The summed E-state index contributed by atoms with van der Waals surface area (Å²) < 4.78 is 5.62. The van der Waals surface area contributed by atoms with Crippen LogP contribution in [-0.2, 0) is 0 Å². The van der Waals surface area contributed by atoms with E-state index in [9.17, 15) is 10.1 Å². The lowest BCUT2D eigenvalue weighted by molar-refractivity contribution is -0.385. The van der Waals surface area contributed by atoms with E-state index >= 15 is 0 Å². The van der Waals surface area contributed by atoms with Crippen molar-refractivity contribution >= 4 is 16.7 Å². The summed E-state index contributed by atoms with van der Waals surface area (Å²) >= 11 is 0. The van der Waals surface area contributed by atoms with Crippen molar-refractivity contribution in [3.05, 3.63) is 64.5 Å². The second kappa shape index (κ2) is 5.16. The molecule has 104 valence electrons. The maximum Gasteiger partial charge on any atom is 0.311 e. The largest absolute Gasteiger partial charge is 0.450 e. The molecule has 3 aromatic rings. The van der Waals surface area contributed by atoms with Gasteiger partial charge in [0.25, 0.3) is 0 Å². The Balaban J connectivity index is 2.00. The highest BCUT2D eigenvalue weighted by atomic mass is 16.6. The first-order valence-electron chi connectivity index (χ1n) is 6.27. The van der Waals surface area contributed by atoms with Gasteiger partial charge in [-0.15, -0.1) is 0 Å². The molecule has 21 heavy (non-hydrogen) atoms. The average Bonchev–Trinajstić information content (AvgIpc) is 2.49. The summed E-state index contributed by atoms with van der Waals surface area (Å²) in [7, 11) is 0. The lowest BCUT2D eigenvalue weighted by atomic mass is 10.2. The summed E-state index contributed by atoms with van der Waals surface area (Å²) in [5, 5.41) is 11.1. The standard InChI is InChI=1S/C15H11N3O3/c1-10-2-5-15(14(8-10)18(19)20)21-11-3-4-12-13(9-11)17-7-6-16-12/h2-9H,1H3. The fraction of sp³-hybridized carbons (Fsp3) is 0.0667. The molecule has 6 heteroatoms. The zero-order chi connectivity index (χ0) is 14.8. The second-order valence-corrected chi connectivity index (χ2v) is 4.54. The number of nitro groups is 1. The fourth-order valence-corrected chi connectivity index (χ4v) is 1.99. The number of fused-ring (bicyclic) bond motifs is 1. The van der Waals surface area contributed by atoms with Gasteiger partial charge in [-0.1, -0.05) is 6.07 Å². The van der Waals surface area contributed by atoms with Crippen LogP contribution in [0.15, 0.2) is 48.8 Å². The van der Waals surface area contributed by atoms with Gasteiger partial charge in [-0.3, -0.25) is 20.1 Å². The van der Waals surface area contributed by atoms with Crippen LogP contribution >= 0.6 is 0 Å². The molecule has 1 aromatic heterocycles. The van der Waals surface area contributed by atoms with E-state index in [4.69, 9.17) is 4.74 Å². The molecule has 6 nitrogen and oxygen atoms in total. The Morgan fingerprint density at radius 1 is 1.05 bits per heavy atom. The zero-order valence-electron chi connectivity index (χ0n) is 11.2. The molecule has 0 bridgehead atoms. The Bertz CT molecular complexity index is 833. The van der Waals surface area contributed by atoms with E-state index in [0.717, 1.165) is 11.1 Å². The lowest BCUT2D eigenvalue weighted by Gasteiger charge is -2.07.